The standard InChI is InChI=1S/C12H13BrN2OS/c1-3-15-9(12(13)8(2)14-15)7-10(16)11-5-4-6-17-11/h4-6H,3,7H2,1-2H3. The van der Waals surface area contributed by atoms with E-state index in [4.69, 9.17) is 0 Å². The fraction of sp³-hybridized carbons (Fsp3) is 0.333. The highest BCUT2D eigenvalue weighted by molar-refractivity contribution is 9.10. The molecule has 90 valence electrons. The molecule has 0 aromatic carbocycles. The lowest BCUT2D eigenvalue weighted by Crippen LogP contribution is -2.09. The summed E-state index contributed by atoms with van der Waals surface area (Å²) in [5, 5.41) is 6.31. The summed E-state index contributed by atoms with van der Waals surface area (Å²) in [6.45, 7) is 4.74. The zero-order valence-corrected chi connectivity index (χ0v) is 12.1. The van der Waals surface area contributed by atoms with E-state index in [1.54, 1.807) is 0 Å². The number of hydrogen-bond donors (Lipinski definition) is 0. The molecular formula is C12H13BrN2OS. The highest BCUT2D eigenvalue weighted by atomic mass is 79.9. The molecule has 2 rings (SSSR count). The first kappa shape index (κ1) is 12.5. The third-order valence-electron chi connectivity index (χ3n) is 2.58. The molecule has 2 aromatic rings. The fourth-order valence-corrected chi connectivity index (χ4v) is 2.80. The van der Waals surface area contributed by atoms with Crippen LogP contribution in [0.25, 0.3) is 0 Å². The lowest BCUT2D eigenvalue weighted by atomic mass is 10.2. The van der Waals surface area contributed by atoms with Crippen molar-refractivity contribution in [3.8, 4) is 0 Å². The Balaban J connectivity index is 2.27. The van der Waals surface area contributed by atoms with Crippen molar-refractivity contribution in [2.45, 2.75) is 26.8 Å². The van der Waals surface area contributed by atoms with Gasteiger partial charge in [0.1, 0.15) is 0 Å². The summed E-state index contributed by atoms with van der Waals surface area (Å²) in [5.74, 6) is 0.148. The van der Waals surface area contributed by atoms with Crippen molar-refractivity contribution in [2.24, 2.45) is 0 Å². The van der Waals surface area contributed by atoms with Gasteiger partial charge in [-0.3, -0.25) is 9.48 Å². The molecule has 0 amide bonds. The van der Waals surface area contributed by atoms with Crippen molar-refractivity contribution in [1.82, 2.24) is 9.78 Å². The number of rotatable bonds is 4. The first-order valence-electron chi connectivity index (χ1n) is 5.42. The number of carbonyl (C=O) groups is 1. The summed E-state index contributed by atoms with van der Waals surface area (Å²) in [6.07, 6.45) is 0.399. The lowest BCUT2D eigenvalue weighted by molar-refractivity contribution is 0.0994. The van der Waals surface area contributed by atoms with E-state index in [2.05, 4.69) is 21.0 Å². The third-order valence-corrected chi connectivity index (χ3v) is 4.52. The number of halogens is 1. The summed E-state index contributed by atoms with van der Waals surface area (Å²) < 4.78 is 2.83. The minimum Gasteiger partial charge on any atom is -0.293 e. The zero-order valence-electron chi connectivity index (χ0n) is 9.74. The molecule has 0 saturated heterocycles. The number of Topliss-reactive ketones (excluding diaryl/α,β-unsaturated/α-hetero) is 1. The van der Waals surface area contributed by atoms with E-state index in [0.29, 0.717) is 6.42 Å². The van der Waals surface area contributed by atoms with E-state index < -0.39 is 0 Å². The van der Waals surface area contributed by atoms with Crippen LogP contribution in [0.1, 0.15) is 28.0 Å². The van der Waals surface area contributed by atoms with Crippen LogP contribution in [0.4, 0.5) is 0 Å². The molecule has 3 nitrogen and oxygen atoms in total. The van der Waals surface area contributed by atoms with E-state index in [0.717, 1.165) is 27.3 Å². The van der Waals surface area contributed by atoms with Crippen molar-refractivity contribution in [3.63, 3.8) is 0 Å². The number of ketones is 1. The van der Waals surface area contributed by atoms with Gasteiger partial charge < -0.3 is 0 Å². The number of aryl methyl sites for hydroxylation is 2. The Morgan fingerprint density at radius 3 is 2.94 bits per heavy atom. The van der Waals surface area contributed by atoms with Crippen LogP contribution < -0.4 is 0 Å². The Kier molecular flexibility index (Phi) is 3.79. The molecule has 0 unspecified atom stereocenters. The van der Waals surface area contributed by atoms with Crippen molar-refractivity contribution in [1.29, 1.82) is 0 Å². The van der Waals surface area contributed by atoms with Crippen LogP contribution in [0.3, 0.4) is 0 Å². The highest BCUT2D eigenvalue weighted by Gasteiger charge is 2.16. The number of hydrogen-bond acceptors (Lipinski definition) is 3. The first-order valence-corrected chi connectivity index (χ1v) is 7.09. The maximum absolute atomic E-state index is 12.1. The molecule has 0 N–H and O–H groups in total. The van der Waals surface area contributed by atoms with Crippen molar-refractivity contribution < 1.29 is 4.79 Å². The van der Waals surface area contributed by atoms with Gasteiger partial charge in [-0.2, -0.15) is 5.10 Å². The molecule has 0 aliphatic rings. The van der Waals surface area contributed by atoms with Gasteiger partial charge in [-0.25, -0.2) is 0 Å². The molecule has 0 aliphatic heterocycles. The van der Waals surface area contributed by atoms with Gasteiger partial charge in [0, 0.05) is 6.54 Å². The Hall–Kier alpha value is -0.940. The highest BCUT2D eigenvalue weighted by Crippen LogP contribution is 2.23. The predicted molar refractivity (Wildman–Crippen MR) is 72.7 cm³/mol. The van der Waals surface area contributed by atoms with Crippen LogP contribution in [0.15, 0.2) is 22.0 Å². The summed E-state index contributed by atoms with van der Waals surface area (Å²) in [5.41, 5.74) is 1.89. The SMILES string of the molecule is CCn1nc(C)c(Br)c1CC(=O)c1cccs1. The fourth-order valence-electron chi connectivity index (χ4n) is 1.71. The largest absolute Gasteiger partial charge is 0.293 e. The Morgan fingerprint density at radius 1 is 1.59 bits per heavy atom. The summed E-state index contributed by atoms with van der Waals surface area (Å²) in [7, 11) is 0. The molecule has 17 heavy (non-hydrogen) atoms. The monoisotopic (exact) mass is 312 g/mol. The molecule has 2 heterocycles. The minimum absolute atomic E-state index is 0.148. The zero-order chi connectivity index (χ0) is 12.4. The second-order valence-electron chi connectivity index (χ2n) is 3.74. The van der Waals surface area contributed by atoms with Gasteiger partial charge in [-0.1, -0.05) is 6.07 Å². The van der Waals surface area contributed by atoms with Crippen LogP contribution in [0, 0.1) is 6.92 Å². The smallest absolute Gasteiger partial charge is 0.178 e. The maximum atomic E-state index is 12.1. The maximum Gasteiger partial charge on any atom is 0.178 e. The van der Waals surface area contributed by atoms with Crippen LogP contribution in [-0.2, 0) is 13.0 Å². The Bertz CT molecular complexity index is 531. The van der Waals surface area contributed by atoms with Gasteiger partial charge in [-0.05, 0) is 41.2 Å². The molecule has 0 radical (unpaired) electrons. The summed E-state index contributed by atoms with van der Waals surface area (Å²) in [4.78, 5) is 12.9. The molecule has 0 fully saturated rings. The first-order chi connectivity index (χ1) is 8.13. The number of aromatic nitrogens is 2. The molecule has 0 bridgehead atoms. The van der Waals surface area contributed by atoms with E-state index in [-0.39, 0.29) is 5.78 Å². The Labute approximate surface area is 113 Å². The number of carbonyl (C=O) groups excluding carboxylic acids is 1. The van der Waals surface area contributed by atoms with Gasteiger partial charge in [0.2, 0.25) is 0 Å². The second kappa shape index (κ2) is 5.14. The van der Waals surface area contributed by atoms with E-state index in [1.165, 1.54) is 11.3 Å². The predicted octanol–water partition coefficient (Wildman–Crippen LogP) is 3.46. The van der Waals surface area contributed by atoms with Gasteiger partial charge in [0.25, 0.3) is 0 Å². The van der Waals surface area contributed by atoms with Crippen LogP contribution in [0.2, 0.25) is 0 Å². The van der Waals surface area contributed by atoms with Crippen molar-refractivity contribution in [2.75, 3.05) is 0 Å². The van der Waals surface area contributed by atoms with Gasteiger partial charge in [0.05, 0.1) is 27.2 Å². The summed E-state index contributed by atoms with van der Waals surface area (Å²) in [6, 6.07) is 3.76. The molecule has 0 aliphatic carbocycles. The lowest BCUT2D eigenvalue weighted by Gasteiger charge is -2.03. The average molecular weight is 313 g/mol. The molecule has 0 atom stereocenters. The topological polar surface area (TPSA) is 34.9 Å². The Morgan fingerprint density at radius 2 is 2.35 bits per heavy atom. The normalized spacial score (nSPS) is 10.8. The minimum atomic E-state index is 0.148. The number of thiophene rings is 1. The molecule has 0 spiro atoms. The quantitative estimate of drug-likeness (QED) is 0.810. The van der Waals surface area contributed by atoms with E-state index in [9.17, 15) is 4.79 Å². The van der Waals surface area contributed by atoms with E-state index in [1.807, 2.05) is 36.0 Å². The van der Waals surface area contributed by atoms with Gasteiger partial charge >= 0.3 is 0 Å². The van der Waals surface area contributed by atoms with Gasteiger partial charge in [0.15, 0.2) is 5.78 Å². The molecule has 5 heteroatoms. The number of nitrogens with zero attached hydrogens (tertiary/aromatic N) is 2. The average Bonchev–Trinajstić information content (AvgIpc) is 2.92. The summed E-state index contributed by atoms with van der Waals surface area (Å²) >= 11 is 4.98. The third kappa shape index (κ3) is 2.50. The second-order valence-corrected chi connectivity index (χ2v) is 5.48. The molecule has 2 aromatic heterocycles. The van der Waals surface area contributed by atoms with Crippen molar-refractivity contribution in [3.05, 3.63) is 38.3 Å². The van der Waals surface area contributed by atoms with E-state index >= 15 is 0 Å². The van der Waals surface area contributed by atoms with Crippen LogP contribution in [0.5, 0.6) is 0 Å². The van der Waals surface area contributed by atoms with Crippen LogP contribution >= 0.6 is 27.3 Å². The van der Waals surface area contributed by atoms with Crippen LogP contribution in [-0.4, -0.2) is 15.6 Å². The molecule has 0 saturated carbocycles. The van der Waals surface area contributed by atoms with Crippen molar-refractivity contribution >= 4 is 33.0 Å². The molecular weight excluding hydrogens is 300 g/mol. The van der Waals surface area contributed by atoms with Gasteiger partial charge in [-0.15, -0.1) is 11.3 Å².